The molecule has 0 bridgehead atoms. The van der Waals surface area contributed by atoms with Crippen LogP contribution in [-0.2, 0) is 6.54 Å². The molecule has 0 fully saturated rings. The number of fused-ring (bicyclic) bond motifs is 1. The minimum absolute atomic E-state index is 0.597. The maximum absolute atomic E-state index is 5.99. The zero-order valence-corrected chi connectivity index (χ0v) is 22.7. The van der Waals surface area contributed by atoms with Crippen LogP contribution in [0.1, 0.15) is 34.5 Å². The van der Waals surface area contributed by atoms with Gasteiger partial charge in [0, 0.05) is 49.4 Å². The maximum atomic E-state index is 5.99. The second-order valence-corrected chi connectivity index (χ2v) is 10.7. The Labute approximate surface area is 214 Å². The fourth-order valence-corrected chi connectivity index (χ4v) is 5.96. The Morgan fingerprint density at radius 1 is 1.03 bits per heavy atom. The summed E-state index contributed by atoms with van der Waals surface area (Å²) in [5, 5.41) is 1.38. The maximum Gasteiger partial charge on any atom is 0.235 e. The number of alkyl halides is 3. The van der Waals surface area contributed by atoms with Gasteiger partial charge < -0.3 is 4.90 Å². The van der Waals surface area contributed by atoms with Gasteiger partial charge in [-0.3, -0.25) is 0 Å². The molecule has 0 atom stereocenters. The van der Waals surface area contributed by atoms with E-state index in [1.165, 1.54) is 54.9 Å². The number of thiazole rings is 1. The van der Waals surface area contributed by atoms with Crippen molar-refractivity contribution in [3.63, 3.8) is 0 Å². The number of aromatic nitrogens is 1. The molecule has 2 nitrogen and oxygen atoms in total. The van der Waals surface area contributed by atoms with Crippen molar-refractivity contribution < 1.29 is 4.57 Å². The van der Waals surface area contributed by atoms with E-state index in [9.17, 15) is 0 Å². The highest BCUT2D eigenvalue weighted by Crippen LogP contribution is 2.26. The predicted molar refractivity (Wildman–Crippen MR) is 149 cm³/mol. The minimum Gasteiger partial charge on any atom is -0.369 e. The molecule has 166 valence electrons. The first kappa shape index (κ1) is 24.8. The van der Waals surface area contributed by atoms with Gasteiger partial charge in [-0.15, -0.1) is 23.2 Å². The third-order valence-electron chi connectivity index (χ3n) is 5.43. The Bertz CT molecular complexity index is 1030. The molecule has 3 aromatic rings. The first-order chi connectivity index (χ1) is 15.1. The molecule has 0 aliphatic heterocycles. The summed E-state index contributed by atoms with van der Waals surface area (Å²) in [5.74, 6) is 1.19. The molecule has 31 heavy (non-hydrogen) atoms. The van der Waals surface area contributed by atoms with E-state index in [1.54, 1.807) is 0 Å². The van der Waals surface area contributed by atoms with E-state index in [1.807, 2.05) is 11.3 Å². The van der Waals surface area contributed by atoms with Crippen molar-refractivity contribution in [2.75, 3.05) is 34.2 Å². The van der Waals surface area contributed by atoms with E-state index in [2.05, 4.69) is 94.5 Å². The van der Waals surface area contributed by atoms with E-state index < -0.39 is 0 Å². The summed E-state index contributed by atoms with van der Waals surface area (Å²) in [7, 11) is 0. The number of para-hydroxylation sites is 1. The van der Waals surface area contributed by atoms with Crippen molar-refractivity contribution in [3.05, 3.63) is 58.1 Å². The molecule has 6 heteroatoms. The Hall–Kier alpha value is -0.820. The standard InChI is InChI=1S/C25H30Cl2IN2S/c1-19-18-21(9-11-23(19)29(16-12-26)17-13-27)8-10-22-6-5-7-24-25(22)30(20(2)31-24)15-4-3-14-28/h5-11,18H,3-4,12-17H2,1-2H3/q+1/b10-8+. The molecule has 0 spiro atoms. The highest BCUT2D eigenvalue weighted by Gasteiger charge is 2.19. The molecule has 0 aliphatic rings. The second kappa shape index (κ2) is 12.4. The third kappa shape index (κ3) is 6.37. The molecule has 0 amide bonds. The van der Waals surface area contributed by atoms with Gasteiger partial charge in [0.05, 0.1) is 0 Å². The number of rotatable bonds is 11. The third-order valence-corrected chi connectivity index (χ3v) is 7.59. The summed E-state index contributed by atoms with van der Waals surface area (Å²) in [6.45, 7) is 7.09. The number of benzene rings is 2. The van der Waals surface area contributed by atoms with Crippen LogP contribution in [0.15, 0.2) is 36.4 Å². The highest BCUT2D eigenvalue weighted by atomic mass is 127. The quantitative estimate of drug-likeness (QED) is 0.0741. The summed E-state index contributed by atoms with van der Waals surface area (Å²) in [6.07, 6.45) is 6.97. The fraction of sp³-hybridized carbons (Fsp3) is 0.400. The number of halogens is 3. The number of anilines is 1. The number of unbranched alkanes of at least 4 members (excludes halogenated alkanes) is 1. The summed E-state index contributed by atoms with van der Waals surface area (Å²) < 4.78 is 5.07. The van der Waals surface area contributed by atoms with E-state index in [0.717, 1.165) is 19.6 Å². The molecular formula is C25H30Cl2IN2S+. The van der Waals surface area contributed by atoms with Gasteiger partial charge in [-0.2, -0.15) is 4.57 Å². The summed E-state index contributed by atoms with van der Waals surface area (Å²) in [5.41, 5.74) is 6.30. The second-order valence-electron chi connectivity index (χ2n) is 7.61. The fourth-order valence-electron chi connectivity index (χ4n) is 3.93. The number of aryl methyl sites for hydroxylation is 3. The Balaban J connectivity index is 1.88. The number of nitrogens with zero attached hydrogens (tertiary/aromatic N) is 2. The van der Waals surface area contributed by atoms with Crippen molar-refractivity contribution >= 4 is 85.2 Å². The van der Waals surface area contributed by atoms with Gasteiger partial charge in [-0.25, -0.2) is 0 Å². The normalized spacial score (nSPS) is 11.6. The van der Waals surface area contributed by atoms with Crippen LogP contribution in [-0.4, -0.2) is 29.3 Å². The molecule has 1 heterocycles. The Morgan fingerprint density at radius 3 is 2.48 bits per heavy atom. The predicted octanol–water partition coefficient (Wildman–Crippen LogP) is 7.48. The smallest absolute Gasteiger partial charge is 0.235 e. The molecule has 3 rings (SSSR count). The largest absolute Gasteiger partial charge is 0.369 e. The molecule has 0 N–H and O–H groups in total. The van der Waals surface area contributed by atoms with Crippen LogP contribution in [0.4, 0.5) is 5.69 Å². The van der Waals surface area contributed by atoms with E-state index >= 15 is 0 Å². The van der Waals surface area contributed by atoms with Gasteiger partial charge in [0.1, 0.15) is 11.2 Å². The lowest BCUT2D eigenvalue weighted by atomic mass is 10.1. The molecule has 0 saturated carbocycles. The molecular weight excluding hydrogens is 558 g/mol. The monoisotopic (exact) mass is 587 g/mol. The summed E-state index contributed by atoms with van der Waals surface area (Å²) >= 11 is 16.3. The Morgan fingerprint density at radius 2 is 1.81 bits per heavy atom. The molecule has 0 saturated heterocycles. The molecule has 0 aliphatic carbocycles. The van der Waals surface area contributed by atoms with Gasteiger partial charge in [0.15, 0.2) is 0 Å². The zero-order valence-electron chi connectivity index (χ0n) is 18.2. The highest BCUT2D eigenvalue weighted by molar-refractivity contribution is 14.1. The lowest BCUT2D eigenvalue weighted by Crippen LogP contribution is -2.35. The molecule has 1 aromatic heterocycles. The minimum atomic E-state index is 0.597. The van der Waals surface area contributed by atoms with Crippen molar-refractivity contribution in [1.82, 2.24) is 0 Å². The van der Waals surface area contributed by atoms with Crippen LogP contribution in [0.25, 0.3) is 22.4 Å². The van der Waals surface area contributed by atoms with Crippen molar-refractivity contribution in [2.24, 2.45) is 0 Å². The summed E-state index contributed by atoms with van der Waals surface area (Å²) in [4.78, 5) is 2.26. The zero-order chi connectivity index (χ0) is 22.2. The van der Waals surface area contributed by atoms with Crippen molar-refractivity contribution in [3.8, 4) is 0 Å². The van der Waals surface area contributed by atoms with Gasteiger partial charge in [0.2, 0.25) is 10.5 Å². The first-order valence-electron chi connectivity index (χ1n) is 10.7. The Kier molecular flexibility index (Phi) is 9.95. The number of hydrogen-bond acceptors (Lipinski definition) is 2. The van der Waals surface area contributed by atoms with Crippen LogP contribution in [0, 0.1) is 13.8 Å². The first-order valence-corrected chi connectivity index (χ1v) is 14.1. The van der Waals surface area contributed by atoms with Gasteiger partial charge >= 0.3 is 0 Å². The average Bonchev–Trinajstić information content (AvgIpc) is 3.08. The average molecular weight is 588 g/mol. The number of hydrogen-bond donors (Lipinski definition) is 0. The van der Waals surface area contributed by atoms with E-state index in [-0.39, 0.29) is 0 Å². The van der Waals surface area contributed by atoms with Gasteiger partial charge in [0.25, 0.3) is 0 Å². The lowest BCUT2D eigenvalue weighted by Gasteiger charge is -2.25. The van der Waals surface area contributed by atoms with Crippen LogP contribution in [0.2, 0.25) is 0 Å². The van der Waals surface area contributed by atoms with Gasteiger partial charge in [-0.1, -0.05) is 52.1 Å². The van der Waals surface area contributed by atoms with Crippen molar-refractivity contribution in [1.29, 1.82) is 0 Å². The summed E-state index contributed by atoms with van der Waals surface area (Å²) in [6, 6.07) is 13.2. The van der Waals surface area contributed by atoms with Crippen LogP contribution in [0.5, 0.6) is 0 Å². The van der Waals surface area contributed by atoms with Gasteiger partial charge in [-0.05, 0) is 59.2 Å². The van der Waals surface area contributed by atoms with E-state index in [4.69, 9.17) is 23.2 Å². The lowest BCUT2D eigenvalue weighted by molar-refractivity contribution is -0.673. The SMILES string of the molecule is Cc1cc(/C=C/c2cccc3sc(C)[n+](CCCCI)c23)ccc1N(CCCl)CCCl. The molecule has 2 aromatic carbocycles. The van der Waals surface area contributed by atoms with Crippen LogP contribution >= 0.6 is 57.1 Å². The van der Waals surface area contributed by atoms with Crippen LogP contribution in [0.3, 0.4) is 0 Å². The topological polar surface area (TPSA) is 7.12 Å². The van der Waals surface area contributed by atoms with Crippen LogP contribution < -0.4 is 9.47 Å². The molecule has 0 radical (unpaired) electrons. The van der Waals surface area contributed by atoms with Crippen molar-refractivity contribution in [2.45, 2.75) is 33.2 Å². The van der Waals surface area contributed by atoms with E-state index in [0.29, 0.717) is 11.8 Å². The molecule has 0 unspecified atom stereocenters.